The minimum atomic E-state index is -0.404. The molecule has 9 heteroatoms. The number of hydrazone groups is 1. The second-order valence-corrected chi connectivity index (χ2v) is 8.06. The molecule has 1 N–H and O–H groups in total. The molecule has 0 unspecified atom stereocenters. The molecule has 0 bridgehead atoms. The number of fused-ring (bicyclic) bond motifs is 3. The third-order valence-corrected chi connectivity index (χ3v) is 6.27. The Bertz CT molecular complexity index is 1180. The van der Waals surface area contributed by atoms with Crippen molar-refractivity contribution in [3.05, 3.63) is 50.9 Å². The van der Waals surface area contributed by atoms with Gasteiger partial charge in [0.1, 0.15) is 11.4 Å². The maximum atomic E-state index is 12.9. The van der Waals surface area contributed by atoms with Crippen LogP contribution in [0.25, 0.3) is 10.2 Å². The van der Waals surface area contributed by atoms with E-state index in [1.54, 1.807) is 43.8 Å². The molecule has 1 aliphatic carbocycles. The molecule has 1 amide bonds. The number of amides is 1. The van der Waals surface area contributed by atoms with Crippen LogP contribution >= 0.6 is 11.3 Å². The third-order valence-electron chi connectivity index (χ3n) is 5.07. The molecule has 4 rings (SSSR count). The molecular weight excluding hydrogens is 404 g/mol. The molecule has 8 nitrogen and oxygen atoms in total. The van der Waals surface area contributed by atoms with E-state index in [1.807, 2.05) is 0 Å². The number of methoxy groups -OCH3 is 2. The first-order valence-corrected chi connectivity index (χ1v) is 10.5. The summed E-state index contributed by atoms with van der Waals surface area (Å²) in [5, 5.41) is 4.63. The lowest BCUT2D eigenvalue weighted by Crippen LogP contribution is -2.30. The number of aromatic nitrogens is 2. The highest BCUT2D eigenvalue weighted by Gasteiger charge is 2.20. The molecular formula is C21H22N4O4S. The molecule has 1 aliphatic rings. The minimum Gasteiger partial charge on any atom is -0.493 e. The molecule has 2 aromatic heterocycles. The molecule has 3 aromatic rings. The van der Waals surface area contributed by atoms with Crippen molar-refractivity contribution in [3.63, 3.8) is 0 Å². The van der Waals surface area contributed by atoms with Crippen LogP contribution in [0.4, 0.5) is 0 Å². The van der Waals surface area contributed by atoms with Gasteiger partial charge in [0, 0.05) is 4.88 Å². The number of hydrogen-bond acceptors (Lipinski definition) is 7. The summed E-state index contributed by atoms with van der Waals surface area (Å²) in [4.78, 5) is 31.6. The van der Waals surface area contributed by atoms with E-state index < -0.39 is 5.91 Å². The van der Waals surface area contributed by atoms with E-state index in [-0.39, 0.29) is 12.1 Å². The maximum Gasteiger partial charge on any atom is 0.262 e. The van der Waals surface area contributed by atoms with Gasteiger partial charge < -0.3 is 9.47 Å². The normalized spacial score (nSPS) is 13.4. The molecule has 0 spiro atoms. The van der Waals surface area contributed by atoms with Crippen molar-refractivity contribution in [2.24, 2.45) is 5.10 Å². The predicted octanol–water partition coefficient (Wildman–Crippen LogP) is 2.50. The van der Waals surface area contributed by atoms with Crippen LogP contribution in [0.1, 0.15) is 28.8 Å². The van der Waals surface area contributed by atoms with Gasteiger partial charge in [0.25, 0.3) is 11.5 Å². The highest BCUT2D eigenvalue weighted by atomic mass is 32.1. The monoisotopic (exact) mass is 426 g/mol. The zero-order valence-electron chi connectivity index (χ0n) is 16.8. The lowest BCUT2D eigenvalue weighted by molar-refractivity contribution is -0.121. The fourth-order valence-corrected chi connectivity index (χ4v) is 4.82. The quantitative estimate of drug-likeness (QED) is 0.483. The van der Waals surface area contributed by atoms with Crippen LogP contribution in [0.3, 0.4) is 0 Å². The summed E-state index contributed by atoms with van der Waals surface area (Å²) < 4.78 is 11.8. The number of benzene rings is 1. The van der Waals surface area contributed by atoms with Gasteiger partial charge in [0.2, 0.25) is 0 Å². The Hall–Kier alpha value is -3.20. The molecule has 2 heterocycles. The van der Waals surface area contributed by atoms with Gasteiger partial charge in [-0.25, -0.2) is 10.4 Å². The number of nitrogens with one attached hydrogen (secondary N) is 1. The van der Waals surface area contributed by atoms with Gasteiger partial charge in [0.05, 0.1) is 32.1 Å². The molecule has 156 valence electrons. The maximum absolute atomic E-state index is 12.9. The van der Waals surface area contributed by atoms with Crippen molar-refractivity contribution in [1.29, 1.82) is 0 Å². The number of thiophene rings is 1. The standard InChI is InChI=1S/C21H22N4O4S/c1-28-15-8-7-13(9-16(15)29-2)10-23-24-18(26)11-25-12-22-20-19(21(25)27)14-5-3-4-6-17(14)30-20/h7-10,12H,3-6,11H2,1-2H3,(H,24,26)/b23-10+. The average molecular weight is 426 g/mol. The van der Waals surface area contributed by atoms with Crippen LogP contribution in [-0.4, -0.2) is 35.9 Å². The number of nitrogens with zero attached hydrogens (tertiary/aromatic N) is 3. The molecule has 0 radical (unpaired) electrons. The number of hydrogen-bond donors (Lipinski definition) is 1. The summed E-state index contributed by atoms with van der Waals surface area (Å²) in [6, 6.07) is 5.29. The van der Waals surface area contributed by atoms with Crippen molar-refractivity contribution in [2.45, 2.75) is 32.2 Å². The second kappa shape index (κ2) is 8.66. The fourth-order valence-electron chi connectivity index (χ4n) is 3.60. The Kier molecular flexibility index (Phi) is 5.80. The highest BCUT2D eigenvalue weighted by Crippen LogP contribution is 2.33. The van der Waals surface area contributed by atoms with Crippen LogP contribution in [0.5, 0.6) is 11.5 Å². The van der Waals surface area contributed by atoms with Crippen LogP contribution in [0.15, 0.2) is 34.4 Å². The van der Waals surface area contributed by atoms with E-state index in [9.17, 15) is 9.59 Å². The van der Waals surface area contributed by atoms with E-state index in [0.29, 0.717) is 16.9 Å². The van der Waals surface area contributed by atoms with E-state index in [0.717, 1.165) is 41.6 Å². The molecule has 0 aliphatic heterocycles. The zero-order valence-corrected chi connectivity index (χ0v) is 17.6. The van der Waals surface area contributed by atoms with E-state index in [4.69, 9.17) is 9.47 Å². The lowest BCUT2D eigenvalue weighted by atomic mass is 9.97. The van der Waals surface area contributed by atoms with Crippen molar-refractivity contribution >= 4 is 33.7 Å². The Morgan fingerprint density at radius 1 is 1.27 bits per heavy atom. The predicted molar refractivity (Wildman–Crippen MR) is 116 cm³/mol. The molecule has 0 saturated heterocycles. The van der Waals surface area contributed by atoms with Gasteiger partial charge in [-0.15, -0.1) is 11.3 Å². The summed E-state index contributed by atoms with van der Waals surface area (Å²) in [6.07, 6.45) is 7.07. The number of carbonyl (C=O) groups excluding carboxylic acids is 1. The first-order chi connectivity index (χ1) is 14.6. The lowest BCUT2D eigenvalue weighted by Gasteiger charge is -2.10. The van der Waals surface area contributed by atoms with E-state index in [2.05, 4.69) is 15.5 Å². The summed E-state index contributed by atoms with van der Waals surface area (Å²) >= 11 is 1.59. The average Bonchev–Trinajstić information content (AvgIpc) is 3.15. The van der Waals surface area contributed by atoms with Crippen molar-refractivity contribution in [2.75, 3.05) is 14.2 Å². The summed E-state index contributed by atoms with van der Waals surface area (Å²) in [5.74, 6) is 0.772. The van der Waals surface area contributed by atoms with E-state index in [1.165, 1.54) is 22.0 Å². The molecule has 0 atom stereocenters. The number of carbonyl (C=O) groups is 1. The van der Waals surface area contributed by atoms with Gasteiger partial charge in [-0.1, -0.05) is 0 Å². The van der Waals surface area contributed by atoms with Crippen molar-refractivity contribution < 1.29 is 14.3 Å². The molecule has 0 fully saturated rings. The second-order valence-electron chi connectivity index (χ2n) is 6.98. The van der Waals surface area contributed by atoms with Crippen LogP contribution in [0, 0.1) is 0 Å². The SMILES string of the molecule is COc1ccc(/C=N/NC(=O)Cn2cnc3sc4c(c3c2=O)CCCC4)cc1OC. The van der Waals surface area contributed by atoms with Gasteiger partial charge in [-0.2, -0.15) is 5.10 Å². The van der Waals surface area contributed by atoms with Crippen LogP contribution in [-0.2, 0) is 24.2 Å². The first-order valence-electron chi connectivity index (χ1n) is 9.64. The largest absolute Gasteiger partial charge is 0.493 e. The van der Waals surface area contributed by atoms with Crippen molar-refractivity contribution in [1.82, 2.24) is 15.0 Å². The summed E-state index contributed by atoms with van der Waals surface area (Å²) in [7, 11) is 3.11. The molecule has 1 aromatic carbocycles. The molecule has 0 saturated carbocycles. The Morgan fingerprint density at radius 2 is 2.07 bits per heavy atom. The van der Waals surface area contributed by atoms with Gasteiger partial charge >= 0.3 is 0 Å². The number of ether oxygens (including phenoxy) is 2. The Morgan fingerprint density at radius 3 is 2.87 bits per heavy atom. The van der Waals surface area contributed by atoms with Crippen LogP contribution in [0.2, 0.25) is 0 Å². The fraction of sp³-hybridized carbons (Fsp3) is 0.333. The zero-order chi connectivity index (χ0) is 21.1. The Balaban J connectivity index is 1.47. The highest BCUT2D eigenvalue weighted by molar-refractivity contribution is 7.18. The topological polar surface area (TPSA) is 94.8 Å². The van der Waals surface area contributed by atoms with E-state index >= 15 is 0 Å². The summed E-state index contributed by atoms with van der Waals surface area (Å²) in [5.41, 5.74) is 4.13. The molecule has 30 heavy (non-hydrogen) atoms. The van der Waals surface area contributed by atoms with Gasteiger partial charge in [0.15, 0.2) is 11.5 Å². The Labute approximate surface area is 177 Å². The minimum absolute atomic E-state index is 0.143. The summed E-state index contributed by atoms with van der Waals surface area (Å²) in [6.45, 7) is -0.143. The van der Waals surface area contributed by atoms with Gasteiger partial charge in [-0.05, 0) is 55.0 Å². The number of aryl methyl sites for hydroxylation is 2. The third kappa shape index (κ3) is 3.93. The van der Waals surface area contributed by atoms with Gasteiger partial charge in [-0.3, -0.25) is 14.2 Å². The number of rotatable bonds is 6. The smallest absolute Gasteiger partial charge is 0.262 e. The van der Waals surface area contributed by atoms with Crippen LogP contribution < -0.4 is 20.5 Å². The van der Waals surface area contributed by atoms with Crippen molar-refractivity contribution in [3.8, 4) is 11.5 Å². The first kappa shape index (κ1) is 20.1.